The monoisotopic (exact) mass is 208 g/mol. The first-order chi connectivity index (χ1) is 7.15. The van der Waals surface area contributed by atoms with Crippen LogP contribution in [0.1, 0.15) is 22.8 Å². The van der Waals surface area contributed by atoms with Gasteiger partial charge in [0.2, 0.25) is 0 Å². The predicted molar refractivity (Wildman–Crippen MR) is 58.6 cm³/mol. The largest absolute Gasteiger partial charge is 0.490 e. The van der Waals surface area contributed by atoms with Crippen LogP contribution >= 0.6 is 0 Å². The number of carbonyl (C=O) groups is 1. The lowest BCUT2D eigenvalue weighted by atomic mass is 10.1. The number of benzene rings is 1. The fourth-order valence-corrected chi connectivity index (χ4v) is 1.27. The fraction of sp³-hybridized carbons (Fsp3) is 0.417. The summed E-state index contributed by atoms with van der Waals surface area (Å²) in [5.41, 5.74) is 1.70. The number of aryl methyl sites for hydroxylation is 1. The molecule has 0 fully saturated rings. The first-order valence-electron chi connectivity index (χ1n) is 4.88. The second kappa shape index (κ2) is 5.51. The zero-order chi connectivity index (χ0) is 11.3. The first-order valence-corrected chi connectivity index (χ1v) is 4.88. The summed E-state index contributed by atoms with van der Waals surface area (Å²) in [6.45, 7) is 4.48. The van der Waals surface area contributed by atoms with Gasteiger partial charge in [0.05, 0.1) is 12.2 Å². The van der Waals surface area contributed by atoms with Crippen molar-refractivity contribution < 1.29 is 14.3 Å². The van der Waals surface area contributed by atoms with Crippen molar-refractivity contribution in [2.45, 2.75) is 13.8 Å². The van der Waals surface area contributed by atoms with E-state index in [2.05, 4.69) is 0 Å². The normalized spacial score (nSPS) is 10.1. The summed E-state index contributed by atoms with van der Waals surface area (Å²) in [4.78, 5) is 11.3. The highest BCUT2D eigenvalue weighted by Gasteiger charge is 2.08. The molecule has 0 aliphatic rings. The summed E-state index contributed by atoms with van der Waals surface area (Å²) in [6, 6.07) is 5.56. The van der Waals surface area contributed by atoms with E-state index < -0.39 is 0 Å². The van der Waals surface area contributed by atoms with E-state index >= 15 is 0 Å². The molecule has 1 rings (SSSR count). The van der Waals surface area contributed by atoms with E-state index in [1.165, 1.54) is 6.92 Å². The molecule has 0 amide bonds. The van der Waals surface area contributed by atoms with Gasteiger partial charge in [0.15, 0.2) is 5.78 Å². The second-order valence-electron chi connectivity index (χ2n) is 3.40. The van der Waals surface area contributed by atoms with Crippen LogP contribution in [-0.2, 0) is 4.74 Å². The van der Waals surface area contributed by atoms with E-state index in [9.17, 15) is 4.79 Å². The van der Waals surface area contributed by atoms with Crippen molar-refractivity contribution in [1.82, 2.24) is 0 Å². The average Bonchev–Trinajstić information content (AvgIpc) is 2.18. The molecule has 1 aromatic rings. The summed E-state index contributed by atoms with van der Waals surface area (Å²) >= 11 is 0. The molecule has 0 heterocycles. The third-order valence-electron chi connectivity index (χ3n) is 2.06. The van der Waals surface area contributed by atoms with Crippen LogP contribution in [0.3, 0.4) is 0 Å². The van der Waals surface area contributed by atoms with Gasteiger partial charge >= 0.3 is 0 Å². The molecule has 3 nitrogen and oxygen atoms in total. The Morgan fingerprint density at radius 2 is 2.07 bits per heavy atom. The average molecular weight is 208 g/mol. The molecule has 0 radical (unpaired) electrons. The van der Waals surface area contributed by atoms with E-state index in [1.54, 1.807) is 13.2 Å². The number of ketones is 1. The molecule has 0 aromatic heterocycles. The van der Waals surface area contributed by atoms with E-state index in [4.69, 9.17) is 9.47 Å². The van der Waals surface area contributed by atoms with Gasteiger partial charge in [0, 0.05) is 7.11 Å². The van der Waals surface area contributed by atoms with Crippen LogP contribution in [-0.4, -0.2) is 26.1 Å². The minimum atomic E-state index is 0.0161. The number of Topliss-reactive ketones (excluding diaryl/α,β-unsaturated/α-hetero) is 1. The van der Waals surface area contributed by atoms with Crippen LogP contribution < -0.4 is 4.74 Å². The summed E-state index contributed by atoms with van der Waals surface area (Å²) in [5, 5.41) is 0. The highest BCUT2D eigenvalue weighted by molar-refractivity contribution is 5.96. The minimum Gasteiger partial charge on any atom is -0.490 e. The highest BCUT2D eigenvalue weighted by atomic mass is 16.5. The van der Waals surface area contributed by atoms with Crippen molar-refractivity contribution in [3.05, 3.63) is 29.3 Å². The molecule has 0 aliphatic carbocycles. The van der Waals surface area contributed by atoms with Gasteiger partial charge in [-0.2, -0.15) is 0 Å². The van der Waals surface area contributed by atoms with Crippen LogP contribution in [0, 0.1) is 6.92 Å². The Morgan fingerprint density at radius 1 is 1.33 bits per heavy atom. The molecule has 1 aromatic carbocycles. The second-order valence-corrected chi connectivity index (χ2v) is 3.40. The molecule has 0 saturated heterocycles. The lowest BCUT2D eigenvalue weighted by Crippen LogP contribution is -2.07. The van der Waals surface area contributed by atoms with Crippen molar-refractivity contribution >= 4 is 5.78 Å². The quantitative estimate of drug-likeness (QED) is 0.550. The zero-order valence-electron chi connectivity index (χ0n) is 9.37. The minimum absolute atomic E-state index is 0.0161. The standard InChI is InChI=1S/C12H16O3/c1-9-4-5-11(10(2)13)12(8-9)15-7-6-14-3/h4-5,8H,6-7H2,1-3H3. The van der Waals surface area contributed by atoms with Gasteiger partial charge in [-0.15, -0.1) is 0 Å². The Hall–Kier alpha value is -1.35. The third kappa shape index (κ3) is 3.36. The molecule has 0 spiro atoms. The Labute approximate surface area is 90.0 Å². The summed E-state index contributed by atoms with van der Waals surface area (Å²) < 4.78 is 10.4. The van der Waals surface area contributed by atoms with Gasteiger partial charge in [-0.3, -0.25) is 4.79 Å². The van der Waals surface area contributed by atoms with Gasteiger partial charge in [-0.05, 0) is 31.5 Å². The Bertz CT molecular complexity index is 345. The Kier molecular flexibility index (Phi) is 4.31. The number of hydrogen-bond acceptors (Lipinski definition) is 3. The summed E-state index contributed by atoms with van der Waals surface area (Å²) in [5.74, 6) is 0.655. The molecule has 0 saturated carbocycles. The first kappa shape index (κ1) is 11.7. The molecule has 82 valence electrons. The number of carbonyl (C=O) groups excluding carboxylic acids is 1. The van der Waals surface area contributed by atoms with Crippen LogP contribution in [0.4, 0.5) is 0 Å². The number of hydrogen-bond donors (Lipinski definition) is 0. The van der Waals surface area contributed by atoms with Crippen molar-refractivity contribution in [2.24, 2.45) is 0 Å². The van der Waals surface area contributed by atoms with Crippen molar-refractivity contribution in [3.8, 4) is 5.75 Å². The van der Waals surface area contributed by atoms with Crippen LogP contribution in [0.25, 0.3) is 0 Å². The zero-order valence-corrected chi connectivity index (χ0v) is 9.37. The topological polar surface area (TPSA) is 35.5 Å². The van der Waals surface area contributed by atoms with Crippen LogP contribution in [0.15, 0.2) is 18.2 Å². The van der Waals surface area contributed by atoms with Gasteiger partial charge in [-0.25, -0.2) is 0 Å². The highest BCUT2D eigenvalue weighted by Crippen LogP contribution is 2.20. The molecular formula is C12H16O3. The maximum Gasteiger partial charge on any atom is 0.163 e. The maximum atomic E-state index is 11.3. The molecule has 0 atom stereocenters. The van der Waals surface area contributed by atoms with Gasteiger partial charge in [0.25, 0.3) is 0 Å². The molecule has 0 unspecified atom stereocenters. The lowest BCUT2D eigenvalue weighted by molar-refractivity contribution is 0.100. The fourth-order valence-electron chi connectivity index (χ4n) is 1.27. The third-order valence-corrected chi connectivity index (χ3v) is 2.06. The van der Waals surface area contributed by atoms with Crippen LogP contribution in [0.5, 0.6) is 5.75 Å². The Balaban J connectivity index is 2.82. The lowest BCUT2D eigenvalue weighted by Gasteiger charge is -2.10. The summed E-state index contributed by atoms with van der Waals surface area (Å²) in [7, 11) is 1.62. The molecule has 0 N–H and O–H groups in total. The van der Waals surface area contributed by atoms with Gasteiger partial charge in [0.1, 0.15) is 12.4 Å². The van der Waals surface area contributed by atoms with Crippen LogP contribution in [0.2, 0.25) is 0 Å². The van der Waals surface area contributed by atoms with Gasteiger partial charge < -0.3 is 9.47 Å². The molecule has 0 bridgehead atoms. The van der Waals surface area contributed by atoms with Crippen molar-refractivity contribution in [1.29, 1.82) is 0 Å². The van der Waals surface area contributed by atoms with E-state index in [-0.39, 0.29) is 5.78 Å². The molecule has 3 heteroatoms. The van der Waals surface area contributed by atoms with Crippen molar-refractivity contribution in [3.63, 3.8) is 0 Å². The van der Waals surface area contributed by atoms with Gasteiger partial charge in [-0.1, -0.05) is 6.07 Å². The van der Waals surface area contributed by atoms with E-state index in [0.717, 1.165) is 5.56 Å². The van der Waals surface area contributed by atoms with E-state index in [0.29, 0.717) is 24.5 Å². The van der Waals surface area contributed by atoms with E-state index in [1.807, 2.05) is 19.1 Å². The predicted octanol–water partition coefficient (Wildman–Crippen LogP) is 2.22. The SMILES string of the molecule is COCCOc1cc(C)ccc1C(C)=O. The molecular weight excluding hydrogens is 192 g/mol. The maximum absolute atomic E-state index is 11.3. The number of methoxy groups -OCH3 is 1. The smallest absolute Gasteiger partial charge is 0.163 e. The number of ether oxygens (including phenoxy) is 2. The Morgan fingerprint density at radius 3 is 2.67 bits per heavy atom. The summed E-state index contributed by atoms with van der Waals surface area (Å²) in [6.07, 6.45) is 0. The van der Waals surface area contributed by atoms with Crippen molar-refractivity contribution in [2.75, 3.05) is 20.3 Å². The number of rotatable bonds is 5. The molecule has 15 heavy (non-hydrogen) atoms. The molecule has 0 aliphatic heterocycles.